The number of carbonyl (C=O) groups excluding carboxylic acids is 1. The molecule has 0 N–H and O–H groups in total. The summed E-state index contributed by atoms with van der Waals surface area (Å²) in [5.74, 6) is 1.69. The highest BCUT2D eigenvalue weighted by atomic mass is 16.5. The van der Waals surface area contributed by atoms with Crippen LogP contribution in [0.25, 0.3) is 0 Å². The molecule has 1 aliphatic carbocycles. The van der Waals surface area contributed by atoms with Gasteiger partial charge in [-0.2, -0.15) is 0 Å². The Balaban J connectivity index is 1.75. The van der Waals surface area contributed by atoms with Crippen LogP contribution in [0.15, 0.2) is 48.1 Å². The van der Waals surface area contributed by atoms with Gasteiger partial charge in [0.2, 0.25) is 0 Å². The lowest BCUT2D eigenvalue weighted by atomic mass is 9.99. The Morgan fingerprint density at radius 2 is 2.24 bits per heavy atom. The quantitative estimate of drug-likeness (QED) is 0.689. The van der Waals surface area contributed by atoms with Gasteiger partial charge in [0.15, 0.2) is 5.78 Å². The van der Waals surface area contributed by atoms with Crippen molar-refractivity contribution < 1.29 is 9.53 Å². The predicted octanol–water partition coefficient (Wildman–Crippen LogP) is 4.50. The molecule has 0 saturated heterocycles. The molecule has 1 unspecified atom stereocenters. The molecule has 1 atom stereocenters. The smallest absolute Gasteiger partial charge is 0.158 e. The molecule has 0 aromatic heterocycles. The second-order valence-electron chi connectivity index (χ2n) is 5.69. The van der Waals surface area contributed by atoms with Crippen molar-refractivity contribution in [3.05, 3.63) is 53.6 Å². The molecule has 0 amide bonds. The highest BCUT2D eigenvalue weighted by Gasteiger charge is 2.15. The van der Waals surface area contributed by atoms with Gasteiger partial charge in [0.25, 0.3) is 0 Å². The number of methoxy groups -OCH3 is 1. The van der Waals surface area contributed by atoms with Crippen LogP contribution in [0.1, 0.15) is 38.2 Å². The van der Waals surface area contributed by atoms with Gasteiger partial charge in [-0.3, -0.25) is 4.79 Å². The van der Waals surface area contributed by atoms with Crippen molar-refractivity contribution in [3.63, 3.8) is 0 Å². The molecule has 0 saturated carbocycles. The van der Waals surface area contributed by atoms with Crippen LogP contribution in [0, 0.1) is 5.92 Å². The van der Waals surface area contributed by atoms with E-state index in [0.29, 0.717) is 18.1 Å². The second kappa shape index (κ2) is 7.82. The van der Waals surface area contributed by atoms with Gasteiger partial charge in [0.05, 0.1) is 7.11 Å². The molecule has 2 rings (SSSR count). The van der Waals surface area contributed by atoms with E-state index in [-0.39, 0.29) is 0 Å². The van der Waals surface area contributed by atoms with Crippen molar-refractivity contribution in [2.45, 2.75) is 39.0 Å². The van der Waals surface area contributed by atoms with Gasteiger partial charge in [-0.25, -0.2) is 0 Å². The van der Waals surface area contributed by atoms with Gasteiger partial charge in [-0.1, -0.05) is 37.3 Å². The summed E-state index contributed by atoms with van der Waals surface area (Å²) >= 11 is 0. The number of hydrogen-bond acceptors (Lipinski definition) is 2. The minimum absolute atomic E-state index is 0.339. The largest absolute Gasteiger partial charge is 0.497 e. The van der Waals surface area contributed by atoms with E-state index in [1.54, 1.807) is 7.11 Å². The average Bonchev–Trinajstić information content (AvgIpc) is 2.89. The number of benzene rings is 1. The molecule has 0 spiro atoms. The van der Waals surface area contributed by atoms with Crippen molar-refractivity contribution >= 4 is 5.78 Å². The highest BCUT2D eigenvalue weighted by Crippen LogP contribution is 2.22. The summed E-state index contributed by atoms with van der Waals surface area (Å²) in [6, 6.07) is 8.20. The molecule has 112 valence electrons. The van der Waals surface area contributed by atoms with Gasteiger partial charge < -0.3 is 4.74 Å². The topological polar surface area (TPSA) is 26.3 Å². The van der Waals surface area contributed by atoms with Crippen LogP contribution in [0.2, 0.25) is 0 Å². The molecule has 0 bridgehead atoms. The van der Waals surface area contributed by atoms with Crippen LogP contribution in [-0.4, -0.2) is 12.9 Å². The van der Waals surface area contributed by atoms with Crippen LogP contribution in [0.3, 0.4) is 0 Å². The lowest BCUT2D eigenvalue weighted by Gasteiger charge is -2.06. The number of ketones is 1. The maximum Gasteiger partial charge on any atom is 0.158 e. The molecule has 2 nitrogen and oxygen atoms in total. The van der Waals surface area contributed by atoms with E-state index in [2.05, 4.69) is 37.3 Å². The first-order valence-electron chi connectivity index (χ1n) is 7.71. The number of carbonyl (C=O) groups is 1. The number of Topliss-reactive ketones (excluding diaryl/α,β-unsaturated/α-hetero) is 1. The Kier molecular flexibility index (Phi) is 5.79. The highest BCUT2D eigenvalue weighted by molar-refractivity contribution is 5.97. The number of allylic oxidation sites excluding steroid dienone is 4. The maximum atomic E-state index is 11.6. The van der Waals surface area contributed by atoms with Crippen LogP contribution < -0.4 is 4.74 Å². The minimum atomic E-state index is 0.339. The fraction of sp³-hybridized carbons (Fsp3) is 0.421. The summed E-state index contributed by atoms with van der Waals surface area (Å²) < 4.78 is 5.23. The third-order valence-electron chi connectivity index (χ3n) is 3.86. The van der Waals surface area contributed by atoms with Gasteiger partial charge in [0.1, 0.15) is 5.75 Å². The van der Waals surface area contributed by atoms with Gasteiger partial charge in [0, 0.05) is 6.42 Å². The Labute approximate surface area is 127 Å². The van der Waals surface area contributed by atoms with Crippen LogP contribution in [0.4, 0.5) is 0 Å². The zero-order chi connectivity index (χ0) is 15.1. The average molecular weight is 284 g/mol. The van der Waals surface area contributed by atoms with E-state index in [1.165, 1.54) is 5.56 Å². The van der Waals surface area contributed by atoms with Crippen molar-refractivity contribution in [2.24, 2.45) is 5.92 Å². The van der Waals surface area contributed by atoms with Gasteiger partial charge in [-0.05, 0) is 54.9 Å². The summed E-state index contributed by atoms with van der Waals surface area (Å²) in [6.07, 6.45) is 11.1. The molecular weight excluding hydrogens is 260 g/mol. The molecule has 2 heteroatoms. The zero-order valence-corrected chi connectivity index (χ0v) is 13.0. The van der Waals surface area contributed by atoms with Crippen LogP contribution in [-0.2, 0) is 11.2 Å². The molecule has 0 radical (unpaired) electrons. The van der Waals surface area contributed by atoms with Crippen molar-refractivity contribution in [1.29, 1.82) is 0 Å². The van der Waals surface area contributed by atoms with E-state index >= 15 is 0 Å². The summed E-state index contributed by atoms with van der Waals surface area (Å²) in [5, 5.41) is 0. The van der Waals surface area contributed by atoms with E-state index in [4.69, 9.17) is 4.74 Å². The first-order chi connectivity index (χ1) is 10.2. The van der Waals surface area contributed by atoms with Crippen molar-refractivity contribution in [3.8, 4) is 5.75 Å². The fourth-order valence-corrected chi connectivity index (χ4v) is 2.67. The summed E-state index contributed by atoms with van der Waals surface area (Å²) in [5.41, 5.74) is 2.32. The van der Waals surface area contributed by atoms with Gasteiger partial charge >= 0.3 is 0 Å². The number of rotatable bonds is 7. The standard InChI is InChI=1S/C19H24O2/c1-15(13-17-10-6-12-19(17)20)7-3-4-8-16-9-5-11-18(14-16)21-2/h3,5,7,9-11,14-15H,4,6,8,12-13H2,1-2H3. The summed E-state index contributed by atoms with van der Waals surface area (Å²) in [4.78, 5) is 11.6. The Hall–Kier alpha value is -1.83. The van der Waals surface area contributed by atoms with Crippen molar-refractivity contribution in [2.75, 3.05) is 7.11 Å². The fourth-order valence-electron chi connectivity index (χ4n) is 2.67. The monoisotopic (exact) mass is 284 g/mol. The Morgan fingerprint density at radius 3 is 2.95 bits per heavy atom. The third-order valence-corrected chi connectivity index (χ3v) is 3.86. The first-order valence-corrected chi connectivity index (χ1v) is 7.71. The first kappa shape index (κ1) is 15.6. The normalized spacial score (nSPS) is 16.3. The molecule has 1 aromatic carbocycles. The molecular formula is C19H24O2. The molecule has 0 aliphatic heterocycles. The maximum absolute atomic E-state index is 11.6. The van der Waals surface area contributed by atoms with Crippen LogP contribution >= 0.6 is 0 Å². The number of hydrogen-bond donors (Lipinski definition) is 0. The second-order valence-corrected chi connectivity index (χ2v) is 5.69. The molecule has 1 aromatic rings. The number of aryl methyl sites for hydroxylation is 1. The SMILES string of the molecule is COc1cccc(CCC=CC(C)CC2=CCCC2=O)c1. The summed E-state index contributed by atoms with van der Waals surface area (Å²) in [6.45, 7) is 2.18. The van der Waals surface area contributed by atoms with E-state index in [0.717, 1.165) is 37.0 Å². The van der Waals surface area contributed by atoms with E-state index in [1.807, 2.05) is 12.1 Å². The Morgan fingerprint density at radius 1 is 1.38 bits per heavy atom. The molecule has 21 heavy (non-hydrogen) atoms. The van der Waals surface area contributed by atoms with Crippen molar-refractivity contribution in [1.82, 2.24) is 0 Å². The lowest BCUT2D eigenvalue weighted by Crippen LogP contribution is -2.00. The Bertz CT molecular complexity index is 540. The molecule has 0 heterocycles. The predicted molar refractivity (Wildman–Crippen MR) is 86.6 cm³/mol. The van der Waals surface area contributed by atoms with Gasteiger partial charge in [-0.15, -0.1) is 0 Å². The molecule has 0 fully saturated rings. The molecule has 1 aliphatic rings. The van der Waals surface area contributed by atoms with E-state index in [9.17, 15) is 4.79 Å². The van der Waals surface area contributed by atoms with E-state index < -0.39 is 0 Å². The number of ether oxygens (including phenoxy) is 1. The van der Waals surface area contributed by atoms with Crippen LogP contribution in [0.5, 0.6) is 5.75 Å². The minimum Gasteiger partial charge on any atom is -0.497 e. The lowest BCUT2D eigenvalue weighted by molar-refractivity contribution is -0.115. The zero-order valence-electron chi connectivity index (χ0n) is 13.0. The third kappa shape index (κ3) is 4.89. The summed E-state index contributed by atoms with van der Waals surface area (Å²) in [7, 11) is 1.69.